The quantitative estimate of drug-likeness (QED) is 0.566. The van der Waals surface area contributed by atoms with E-state index in [0.717, 1.165) is 17.0 Å². The van der Waals surface area contributed by atoms with E-state index in [1.54, 1.807) is 28.7 Å². The summed E-state index contributed by atoms with van der Waals surface area (Å²) in [4.78, 5) is 17.8. The number of carbonyl (C=O) groups excluding carboxylic acids is 1. The Kier molecular flexibility index (Phi) is 4.75. The van der Waals surface area contributed by atoms with Crippen LogP contribution < -0.4 is 10.1 Å². The summed E-state index contributed by atoms with van der Waals surface area (Å²) in [5, 5.41) is 12.4. The summed E-state index contributed by atoms with van der Waals surface area (Å²) in [6, 6.07) is 11.0. The van der Waals surface area contributed by atoms with Crippen LogP contribution >= 0.6 is 0 Å². The maximum Gasteiger partial charge on any atom is 0.252 e. The van der Waals surface area contributed by atoms with Gasteiger partial charge in [0.15, 0.2) is 5.65 Å². The summed E-state index contributed by atoms with van der Waals surface area (Å²) >= 11 is 0. The van der Waals surface area contributed by atoms with E-state index in [4.69, 9.17) is 9.72 Å². The highest BCUT2D eigenvalue weighted by atomic mass is 16.5. The maximum atomic E-state index is 13.1. The molecule has 0 bridgehead atoms. The minimum Gasteiger partial charge on any atom is -0.497 e. The highest BCUT2D eigenvalue weighted by Crippen LogP contribution is 2.26. The lowest BCUT2D eigenvalue weighted by molar-refractivity contribution is 0.0940. The number of rotatable bonds is 5. The van der Waals surface area contributed by atoms with Gasteiger partial charge in [-0.1, -0.05) is 0 Å². The van der Waals surface area contributed by atoms with Gasteiger partial charge in [-0.15, -0.1) is 0 Å². The van der Waals surface area contributed by atoms with Crippen molar-refractivity contribution in [2.75, 3.05) is 7.11 Å². The Labute approximate surface area is 168 Å². The summed E-state index contributed by atoms with van der Waals surface area (Å²) in [6.07, 6.45) is 3.52. The van der Waals surface area contributed by atoms with Crippen LogP contribution in [0.3, 0.4) is 0 Å². The molecule has 0 aliphatic carbocycles. The van der Waals surface area contributed by atoms with Gasteiger partial charge in [0.25, 0.3) is 5.91 Å². The molecule has 3 aromatic heterocycles. The summed E-state index contributed by atoms with van der Waals surface area (Å²) in [7, 11) is 5.28. The molecule has 1 aromatic carbocycles. The molecule has 1 N–H and O–H groups in total. The van der Waals surface area contributed by atoms with E-state index in [0.29, 0.717) is 22.3 Å². The van der Waals surface area contributed by atoms with Gasteiger partial charge in [0.05, 0.1) is 41.7 Å². The topological polar surface area (TPSA) is 86.9 Å². The zero-order valence-corrected chi connectivity index (χ0v) is 16.7. The van der Waals surface area contributed by atoms with E-state index in [1.165, 1.54) is 0 Å². The lowest BCUT2D eigenvalue weighted by Gasteiger charge is -2.13. The molecule has 0 unspecified atom stereocenters. The zero-order valence-electron chi connectivity index (χ0n) is 16.7. The van der Waals surface area contributed by atoms with Gasteiger partial charge >= 0.3 is 0 Å². The van der Waals surface area contributed by atoms with Gasteiger partial charge in [-0.05, 0) is 43.3 Å². The highest BCUT2D eigenvalue weighted by molar-refractivity contribution is 6.06. The molecule has 0 saturated heterocycles. The third-order valence-corrected chi connectivity index (χ3v) is 4.86. The SMILES string of the molecule is COc1ccc(-c2cc(C(=O)N[C@@H](C)c3ccn(C)n3)c3cnn(C)c3n2)cc1. The van der Waals surface area contributed by atoms with E-state index < -0.39 is 0 Å². The number of hydrogen-bond donors (Lipinski definition) is 1. The fourth-order valence-electron chi connectivity index (χ4n) is 3.22. The van der Waals surface area contributed by atoms with Gasteiger partial charge in [0, 0.05) is 25.9 Å². The maximum absolute atomic E-state index is 13.1. The predicted octanol–water partition coefficient (Wildman–Crippen LogP) is 2.87. The molecule has 0 radical (unpaired) electrons. The van der Waals surface area contributed by atoms with Crippen molar-refractivity contribution in [2.24, 2.45) is 14.1 Å². The third kappa shape index (κ3) is 3.56. The van der Waals surface area contributed by atoms with E-state index in [1.807, 2.05) is 57.5 Å². The lowest BCUT2D eigenvalue weighted by atomic mass is 10.1. The van der Waals surface area contributed by atoms with Crippen LogP contribution in [0, 0.1) is 0 Å². The van der Waals surface area contributed by atoms with E-state index >= 15 is 0 Å². The molecule has 8 nitrogen and oxygen atoms in total. The smallest absolute Gasteiger partial charge is 0.252 e. The van der Waals surface area contributed by atoms with Crippen molar-refractivity contribution in [3.8, 4) is 17.0 Å². The fraction of sp³-hybridized carbons (Fsp3) is 0.238. The van der Waals surface area contributed by atoms with Crippen LogP contribution in [0.5, 0.6) is 5.75 Å². The van der Waals surface area contributed by atoms with Crippen LogP contribution in [0.15, 0.2) is 48.8 Å². The van der Waals surface area contributed by atoms with Crippen molar-refractivity contribution >= 4 is 16.9 Å². The second kappa shape index (κ2) is 7.38. The minimum atomic E-state index is -0.229. The van der Waals surface area contributed by atoms with Gasteiger partial charge in [-0.3, -0.25) is 14.2 Å². The third-order valence-electron chi connectivity index (χ3n) is 4.86. The fourth-order valence-corrected chi connectivity index (χ4v) is 3.22. The van der Waals surface area contributed by atoms with E-state index in [2.05, 4.69) is 15.5 Å². The molecule has 1 amide bonds. The Bertz CT molecular complexity index is 1180. The molecule has 0 fully saturated rings. The average molecular weight is 390 g/mol. The molecule has 29 heavy (non-hydrogen) atoms. The van der Waals surface area contributed by atoms with Crippen LogP contribution in [0.25, 0.3) is 22.3 Å². The summed E-state index contributed by atoms with van der Waals surface area (Å²) < 4.78 is 8.61. The molecule has 0 aliphatic rings. The first-order chi connectivity index (χ1) is 14.0. The van der Waals surface area contributed by atoms with Crippen LogP contribution in [-0.2, 0) is 14.1 Å². The van der Waals surface area contributed by atoms with Crippen molar-refractivity contribution in [3.63, 3.8) is 0 Å². The number of nitrogens with zero attached hydrogens (tertiary/aromatic N) is 5. The number of nitrogens with one attached hydrogen (secondary N) is 1. The molecule has 8 heteroatoms. The summed E-state index contributed by atoms with van der Waals surface area (Å²) in [5.41, 5.74) is 3.55. The monoisotopic (exact) mass is 390 g/mol. The largest absolute Gasteiger partial charge is 0.497 e. The molecule has 0 spiro atoms. The minimum absolute atomic E-state index is 0.196. The molecule has 4 aromatic rings. The van der Waals surface area contributed by atoms with Crippen molar-refractivity contribution in [2.45, 2.75) is 13.0 Å². The van der Waals surface area contributed by atoms with Crippen LogP contribution in [0.1, 0.15) is 29.0 Å². The normalized spacial score (nSPS) is 12.1. The number of carbonyl (C=O) groups is 1. The number of amides is 1. The highest BCUT2D eigenvalue weighted by Gasteiger charge is 2.19. The van der Waals surface area contributed by atoms with Crippen molar-refractivity contribution in [1.29, 1.82) is 0 Å². The van der Waals surface area contributed by atoms with Gasteiger partial charge in [-0.2, -0.15) is 10.2 Å². The standard InChI is InChI=1S/C21H22N6O2/c1-13(18-9-10-26(2)25-18)23-21(28)16-11-19(14-5-7-15(29-4)8-6-14)24-20-17(16)12-22-27(20)3/h5-13H,1-4H3,(H,23,28)/t13-/m0/s1. The number of aromatic nitrogens is 5. The van der Waals surface area contributed by atoms with E-state index in [-0.39, 0.29) is 11.9 Å². The molecule has 0 saturated carbocycles. The lowest BCUT2D eigenvalue weighted by Crippen LogP contribution is -2.27. The summed E-state index contributed by atoms with van der Waals surface area (Å²) in [5.74, 6) is 0.566. The average Bonchev–Trinajstić information content (AvgIpc) is 3.33. The molecular weight excluding hydrogens is 368 g/mol. The Morgan fingerprint density at radius 2 is 1.93 bits per heavy atom. The number of fused-ring (bicyclic) bond motifs is 1. The van der Waals surface area contributed by atoms with Crippen LogP contribution in [0.2, 0.25) is 0 Å². The van der Waals surface area contributed by atoms with Crippen LogP contribution in [-0.4, -0.2) is 37.6 Å². The number of pyridine rings is 1. The predicted molar refractivity (Wildman–Crippen MR) is 110 cm³/mol. The number of hydrogen-bond acceptors (Lipinski definition) is 5. The molecule has 0 aliphatic heterocycles. The van der Waals surface area contributed by atoms with Gasteiger partial charge in [-0.25, -0.2) is 4.98 Å². The first-order valence-corrected chi connectivity index (χ1v) is 9.24. The van der Waals surface area contributed by atoms with Crippen molar-refractivity contribution in [1.82, 2.24) is 29.9 Å². The summed E-state index contributed by atoms with van der Waals surface area (Å²) in [6.45, 7) is 1.91. The van der Waals surface area contributed by atoms with E-state index in [9.17, 15) is 4.79 Å². The van der Waals surface area contributed by atoms with Gasteiger partial charge in [0.2, 0.25) is 0 Å². The number of aryl methyl sites for hydroxylation is 2. The first kappa shape index (κ1) is 18.7. The Hall–Kier alpha value is -3.68. The molecule has 1 atom stereocenters. The molecular formula is C21H22N6O2. The second-order valence-electron chi connectivity index (χ2n) is 6.90. The Balaban J connectivity index is 1.73. The van der Waals surface area contributed by atoms with Crippen molar-refractivity contribution in [3.05, 3.63) is 60.0 Å². The molecule has 3 heterocycles. The Morgan fingerprint density at radius 1 is 1.17 bits per heavy atom. The number of benzene rings is 1. The zero-order chi connectivity index (χ0) is 20.5. The van der Waals surface area contributed by atoms with Crippen LogP contribution in [0.4, 0.5) is 0 Å². The molecule has 4 rings (SSSR count). The second-order valence-corrected chi connectivity index (χ2v) is 6.90. The van der Waals surface area contributed by atoms with Gasteiger partial charge in [0.1, 0.15) is 5.75 Å². The number of ether oxygens (including phenoxy) is 1. The van der Waals surface area contributed by atoms with Crippen molar-refractivity contribution < 1.29 is 9.53 Å². The first-order valence-electron chi connectivity index (χ1n) is 9.24. The van der Waals surface area contributed by atoms with Gasteiger partial charge < -0.3 is 10.1 Å². The molecule has 148 valence electrons. The Morgan fingerprint density at radius 3 is 2.59 bits per heavy atom. The number of methoxy groups -OCH3 is 1.